The van der Waals surface area contributed by atoms with E-state index in [9.17, 15) is 4.79 Å². The third-order valence-electron chi connectivity index (χ3n) is 3.53. The number of imidazole rings is 1. The fraction of sp³-hybridized carbons (Fsp3) is 0.0588. The molecule has 0 aliphatic heterocycles. The van der Waals surface area contributed by atoms with E-state index in [2.05, 4.69) is 30.2 Å². The van der Waals surface area contributed by atoms with E-state index < -0.39 is 0 Å². The van der Waals surface area contributed by atoms with Gasteiger partial charge in [-0.05, 0) is 25.1 Å². The first kappa shape index (κ1) is 16.0. The van der Waals surface area contributed by atoms with Crippen molar-refractivity contribution in [3.05, 3.63) is 66.1 Å². The number of carbonyl (C=O) groups is 1. The van der Waals surface area contributed by atoms with Gasteiger partial charge < -0.3 is 5.32 Å². The average molecular weight is 363 g/mol. The van der Waals surface area contributed by atoms with E-state index in [1.54, 1.807) is 67.0 Å². The highest BCUT2D eigenvalue weighted by Crippen LogP contribution is 2.26. The molecule has 4 rings (SSSR count). The minimum absolute atomic E-state index is 0.237. The Morgan fingerprint density at radius 3 is 2.69 bits per heavy atom. The van der Waals surface area contributed by atoms with Crippen LogP contribution in [0.2, 0.25) is 0 Å². The summed E-state index contributed by atoms with van der Waals surface area (Å²) in [5.74, 6) is 0.989. The number of thiazole rings is 1. The van der Waals surface area contributed by atoms with Crippen molar-refractivity contribution in [3.63, 3.8) is 0 Å². The SMILES string of the molecule is Cc1nc(-c2ncccn2)sc1C(=O)Nc1ccc(-n2ccnc2)nc1. The molecule has 0 fully saturated rings. The van der Waals surface area contributed by atoms with Gasteiger partial charge in [-0.15, -0.1) is 11.3 Å². The summed E-state index contributed by atoms with van der Waals surface area (Å²) in [6.07, 6.45) is 10.0. The molecule has 128 valence electrons. The Balaban J connectivity index is 1.52. The minimum atomic E-state index is -0.237. The molecule has 0 aliphatic rings. The van der Waals surface area contributed by atoms with Gasteiger partial charge in [0, 0.05) is 24.8 Å². The van der Waals surface area contributed by atoms with Crippen LogP contribution >= 0.6 is 11.3 Å². The maximum absolute atomic E-state index is 12.6. The standard InChI is InChI=1S/C17H13N7OS/c1-11-14(26-17(22-11)15-19-5-2-6-20-15)16(25)23-12-3-4-13(21-9-12)24-8-7-18-10-24/h2-10H,1H3,(H,23,25). The maximum Gasteiger partial charge on any atom is 0.267 e. The van der Waals surface area contributed by atoms with Crippen LogP contribution in [0.25, 0.3) is 16.6 Å². The number of carbonyl (C=O) groups excluding carboxylic acids is 1. The van der Waals surface area contributed by atoms with Gasteiger partial charge in [-0.2, -0.15) is 0 Å². The van der Waals surface area contributed by atoms with Gasteiger partial charge in [0.2, 0.25) is 0 Å². The van der Waals surface area contributed by atoms with Crippen LogP contribution < -0.4 is 5.32 Å². The van der Waals surface area contributed by atoms with Crippen molar-refractivity contribution in [1.29, 1.82) is 0 Å². The number of hydrogen-bond acceptors (Lipinski definition) is 7. The Hall–Kier alpha value is -3.46. The highest BCUT2D eigenvalue weighted by molar-refractivity contribution is 7.17. The number of nitrogens with one attached hydrogen (secondary N) is 1. The summed E-state index contributed by atoms with van der Waals surface area (Å²) < 4.78 is 1.78. The highest BCUT2D eigenvalue weighted by atomic mass is 32.1. The van der Waals surface area contributed by atoms with Crippen LogP contribution in [0.1, 0.15) is 15.4 Å². The molecule has 0 spiro atoms. The third kappa shape index (κ3) is 3.20. The Kier molecular flexibility index (Phi) is 4.20. The van der Waals surface area contributed by atoms with Crippen LogP contribution in [0, 0.1) is 6.92 Å². The molecule has 0 unspecified atom stereocenters. The smallest absolute Gasteiger partial charge is 0.267 e. The van der Waals surface area contributed by atoms with Gasteiger partial charge in [-0.25, -0.2) is 24.9 Å². The van der Waals surface area contributed by atoms with Gasteiger partial charge in [0.1, 0.15) is 17.0 Å². The van der Waals surface area contributed by atoms with Crippen molar-refractivity contribution < 1.29 is 4.79 Å². The van der Waals surface area contributed by atoms with Crippen molar-refractivity contribution in [3.8, 4) is 16.6 Å². The van der Waals surface area contributed by atoms with Crippen LogP contribution in [0.5, 0.6) is 0 Å². The first-order valence-corrected chi connectivity index (χ1v) is 8.53. The zero-order chi connectivity index (χ0) is 17.9. The molecule has 4 aromatic rings. The van der Waals surface area contributed by atoms with Crippen LogP contribution in [0.15, 0.2) is 55.5 Å². The van der Waals surface area contributed by atoms with E-state index in [4.69, 9.17) is 0 Å². The third-order valence-corrected chi connectivity index (χ3v) is 4.69. The largest absolute Gasteiger partial charge is 0.320 e. The molecule has 0 aliphatic carbocycles. The zero-order valence-electron chi connectivity index (χ0n) is 13.7. The van der Waals surface area contributed by atoms with E-state index in [0.717, 1.165) is 5.82 Å². The second-order valence-electron chi connectivity index (χ2n) is 5.34. The number of aryl methyl sites for hydroxylation is 1. The van der Waals surface area contributed by atoms with E-state index in [-0.39, 0.29) is 5.91 Å². The molecule has 0 bridgehead atoms. The second-order valence-corrected chi connectivity index (χ2v) is 6.33. The molecular weight excluding hydrogens is 350 g/mol. The molecule has 9 heteroatoms. The number of nitrogens with zero attached hydrogens (tertiary/aromatic N) is 6. The molecule has 0 aromatic carbocycles. The van der Waals surface area contributed by atoms with Gasteiger partial charge in [-0.1, -0.05) is 0 Å². The van der Waals surface area contributed by atoms with Crippen molar-refractivity contribution >= 4 is 22.9 Å². The van der Waals surface area contributed by atoms with E-state index in [0.29, 0.717) is 27.1 Å². The predicted octanol–water partition coefficient (Wildman–Crippen LogP) is 2.74. The summed E-state index contributed by atoms with van der Waals surface area (Å²) in [5, 5.41) is 3.45. The average Bonchev–Trinajstić information content (AvgIpc) is 3.33. The Labute approximate surface area is 152 Å². The molecule has 1 amide bonds. The van der Waals surface area contributed by atoms with Gasteiger partial charge in [0.15, 0.2) is 10.8 Å². The van der Waals surface area contributed by atoms with E-state index in [1.165, 1.54) is 11.3 Å². The lowest BCUT2D eigenvalue weighted by Crippen LogP contribution is -2.12. The quantitative estimate of drug-likeness (QED) is 0.599. The lowest BCUT2D eigenvalue weighted by atomic mass is 10.3. The van der Waals surface area contributed by atoms with Crippen molar-refractivity contribution in [2.75, 3.05) is 5.32 Å². The number of amides is 1. The van der Waals surface area contributed by atoms with Gasteiger partial charge in [0.05, 0.1) is 17.6 Å². The lowest BCUT2D eigenvalue weighted by molar-refractivity contribution is 0.103. The molecule has 0 radical (unpaired) electrons. The number of pyridine rings is 1. The Morgan fingerprint density at radius 1 is 1.15 bits per heavy atom. The number of hydrogen-bond donors (Lipinski definition) is 1. The predicted molar refractivity (Wildman–Crippen MR) is 97.2 cm³/mol. The first-order valence-electron chi connectivity index (χ1n) is 7.71. The summed E-state index contributed by atoms with van der Waals surface area (Å²) in [5.41, 5.74) is 1.24. The van der Waals surface area contributed by atoms with E-state index >= 15 is 0 Å². The molecule has 4 aromatic heterocycles. The van der Waals surface area contributed by atoms with Crippen molar-refractivity contribution in [2.45, 2.75) is 6.92 Å². The summed E-state index contributed by atoms with van der Waals surface area (Å²) >= 11 is 1.26. The minimum Gasteiger partial charge on any atom is -0.320 e. The Morgan fingerprint density at radius 2 is 2.00 bits per heavy atom. The van der Waals surface area contributed by atoms with Crippen LogP contribution in [0.3, 0.4) is 0 Å². The second kappa shape index (κ2) is 6.81. The normalized spacial score (nSPS) is 10.7. The highest BCUT2D eigenvalue weighted by Gasteiger charge is 2.17. The maximum atomic E-state index is 12.6. The summed E-state index contributed by atoms with van der Waals surface area (Å²) in [6.45, 7) is 1.79. The molecule has 0 atom stereocenters. The monoisotopic (exact) mass is 363 g/mol. The summed E-state index contributed by atoms with van der Waals surface area (Å²) in [4.78, 5) is 34.1. The summed E-state index contributed by atoms with van der Waals surface area (Å²) in [7, 11) is 0. The lowest BCUT2D eigenvalue weighted by Gasteiger charge is -2.05. The number of aromatic nitrogens is 6. The van der Waals surface area contributed by atoms with Crippen molar-refractivity contribution in [1.82, 2.24) is 29.5 Å². The molecule has 4 heterocycles. The van der Waals surface area contributed by atoms with Gasteiger partial charge >= 0.3 is 0 Å². The fourth-order valence-corrected chi connectivity index (χ4v) is 3.22. The number of rotatable bonds is 4. The molecule has 26 heavy (non-hydrogen) atoms. The fourth-order valence-electron chi connectivity index (χ4n) is 2.31. The Bertz CT molecular complexity index is 1030. The van der Waals surface area contributed by atoms with Crippen LogP contribution in [-0.4, -0.2) is 35.4 Å². The molecular formula is C17H13N7OS. The number of anilines is 1. The molecule has 8 nitrogen and oxygen atoms in total. The van der Waals surface area contributed by atoms with Gasteiger partial charge in [0.25, 0.3) is 5.91 Å². The molecule has 1 N–H and O–H groups in total. The molecule has 0 saturated heterocycles. The first-order chi connectivity index (χ1) is 12.7. The molecule has 0 saturated carbocycles. The summed E-state index contributed by atoms with van der Waals surface area (Å²) in [6, 6.07) is 5.33. The topological polar surface area (TPSA) is 98.5 Å². The zero-order valence-corrected chi connectivity index (χ0v) is 14.5. The van der Waals surface area contributed by atoms with Gasteiger partial charge in [-0.3, -0.25) is 9.36 Å². The van der Waals surface area contributed by atoms with Crippen molar-refractivity contribution in [2.24, 2.45) is 0 Å². The van der Waals surface area contributed by atoms with E-state index in [1.807, 2.05) is 0 Å². The van der Waals surface area contributed by atoms with Crippen LogP contribution in [0.4, 0.5) is 5.69 Å². The van der Waals surface area contributed by atoms with Crippen LogP contribution in [-0.2, 0) is 0 Å².